The molecule has 0 spiro atoms. The summed E-state index contributed by atoms with van der Waals surface area (Å²) in [6.07, 6.45) is 2.39. The predicted octanol–water partition coefficient (Wildman–Crippen LogP) is 1.49. The lowest BCUT2D eigenvalue weighted by Crippen LogP contribution is -2.31. The standard InChI is InChI=1S/C10H21NO/c1-4-5-9(3)11-6-8(2)10(12)7-11/h8-10,12H,4-7H2,1-3H3. The van der Waals surface area contributed by atoms with Gasteiger partial charge < -0.3 is 5.11 Å². The van der Waals surface area contributed by atoms with E-state index in [1.165, 1.54) is 12.8 Å². The van der Waals surface area contributed by atoms with Gasteiger partial charge in [-0.15, -0.1) is 0 Å². The van der Waals surface area contributed by atoms with Crippen molar-refractivity contribution in [2.24, 2.45) is 5.92 Å². The quantitative estimate of drug-likeness (QED) is 0.695. The molecule has 0 amide bonds. The highest BCUT2D eigenvalue weighted by Gasteiger charge is 2.29. The van der Waals surface area contributed by atoms with Crippen LogP contribution in [0, 0.1) is 5.92 Å². The second kappa shape index (κ2) is 4.24. The Balaban J connectivity index is 2.35. The molecule has 0 aromatic heterocycles. The number of likely N-dealkylation sites (tertiary alicyclic amines) is 1. The maximum Gasteiger partial charge on any atom is 0.0704 e. The molecule has 0 aromatic rings. The molecule has 0 aromatic carbocycles. The van der Waals surface area contributed by atoms with Crippen molar-refractivity contribution in [2.45, 2.75) is 45.8 Å². The average Bonchev–Trinajstić information content (AvgIpc) is 2.33. The van der Waals surface area contributed by atoms with Crippen molar-refractivity contribution < 1.29 is 5.11 Å². The smallest absolute Gasteiger partial charge is 0.0704 e. The highest BCUT2D eigenvalue weighted by atomic mass is 16.3. The Morgan fingerprint density at radius 1 is 1.50 bits per heavy atom. The van der Waals surface area contributed by atoms with Gasteiger partial charge in [-0.05, 0) is 19.3 Å². The van der Waals surface area contributed by atoms with Crippen LogP contribution in [0.2, 0.25) is 0 Å². The van der Waals surface area contributed by atoms with E-state index in [2.05, 4.69) is 25.7 Å². The summed E-state index contributed by atoms with van der Waals surface area (Å²) in [7, 11) is 0. The van der Waals surface area contributed by atoms with Crippen molar-refractivity contribution in [2.75, 3.05) is 13.1 Å². The molecule has 1 fully saturated rings. The largest absolute Gasteiger partial charge is 0.391 e. The van der Waals surface area contributed by atoms with Gasteiger partial charge in [-0.2, -0.15) is 0 Å². The summed E-state index contributed by atoms with van der Waals surface area (Å²) < 4.78 is 0. The highest BCUT2D eigenvalue weighted by molar-refractivity contribution is 4.83. The van der Waals surface area contributed by atoms with Crippen LogP contribution in [0.25, 0.3) is 0 Å². The molecule has 2 nitrogen and oxygen atoms in total. The van der Waals surface area contributed by atoms with Crippen LogP contribution in [0.1, 0.15) is 33.6 Å². The van der Waals surface area contributed by atoms with Gasteiger partial charge in [0.25, 0.3) is 0 Å². The molecule has 1 aliphatic heterocycles. The third-order valence-electron chi connectivity index (χ3n) is 2.93. The van der Waals surface area contributed by atoms with E-state index in [9.17, 15) is 5.11 Å². The minimum absolute atomic E-state index is 0.0932. The van der Waals surface area contributed by atoms with Gasteiger partial charge in [0.05, 0.1) is 6.10 Å². The van der Waals surface area contributed by atoms with Gasteiger partial charge in [0, 0.05) is 19.1 Å². The molecule has 2 heteroatoms. The van der Waals surface area contributed by atoms with E-state index in [-0.39, 0.29) is 6.10 Å². The zero-order valence-electron chi connectivity index (χ0n) is 8.45. The molecule has 0 aliphatic carbocycles. The third kappa shape index (κ3) is 2.20. The first-order valence-electron chi connectivity index (χ1n) is 5.07. The van der Waals surface area contributed by atoms with Crippen LogP contribution in [0.5, 0.6) is 0 Å². The number of hydrogen-bond acceptors (Lipinski definition) is 2. The fourth-order valence-electron chi connectivity index (χ4n) is 1.95. The number of hydrogen-bond donors (Lipinski definition) is 1. The first-order valence-corrected chi connectivity index (χ1v) is 5.07. The molecule has 0 bridgehead atoms. The summed E-state index contributed by atoms with van der Waals surface area (Å²) in [5.41, 5.74) is 0. The van der Waals surface area contributed by atoms with Crippen LogP contribution in [-0.4, -0.2) is 35.2 Å². The van der Waals surface area contributed by atoms with Crippen molar-refractivity contribution in [3.05, 3.63) is 0 Å². The Morgan fingerprint density at radius 3 is 2.58 bits per heavy atom. The van der Waals surface area contributed by atoms with Crippen LogP contribution in [-0.2, 0) is 0 Å². The summed E-state index contributed by atoms with van der Waals surface area (Å²) in [4.78, 5) is 2.40. The lowest BCUT2D eigenvalue weighted by Gasteiger charge is -2.23. The maximum atomic E-state index is 9.54. The second-order valence-electron chi connectivity index (χ2n) is 4.14. The average molecular weight is 171 g/mol. The Morgan fingerprint density at radius 2 is 2.17 bits per heavy atom. The van der Waals surface area contributed by atoms with Crippen LogP contribution >= 0.6 is 0 Å². The molecule has 3 unspecified atom stereocenters. The number of aliphatic hydroxyl groups excluding tert-OH is 1. The van der Waals surface area contributed by atoms with Gasteiger partial charge in [-0.3, -0.25) is 4.90 Å². The normalized spacial score (nSPS) is 34.0. The molecule has 1 saturated heterocycles. The van der Waals surface area contributed by atoms with Gasteiger partial charge in [-0.1, -0.05) is 20.3 Å². The van der Waals surface area contributed by atoms with Gasteiger partial charge in [0.2, 0.25) is 0 Å². The SMILES string of the molecule is CCCC(C)N1CC(C)C(O)C1. The first-order chi connectivity index (χ1) is 5.65. The van der Waals surface area contributed by atoms with Gasteiger partial charge in [-0.25, -0.2) is 0 Å². The maximum absolute atomic E-state index is 9.54. The summed E-state index contributed by atoms with van der Waals surface area (Å²) in [5.74, 6) is 0.462. The van der Waals surface area contributed by atoms with E-state index in [0.717, 1.165) is 13.1 Å². The first kappa shape index (κ1) is 10.0. The Bertz CT molecular complexity index is 128. The van der Waals surface area contributed by atoms with E-state index in [1.54, 1.807) is 0 Å². The minimum atomic E-state index is -0.0932. The third-order valence-corrected chi connectivity index (χ3v) is 2.93. The molecule has 1 aliphatic rings. The van der Waals surface area contributed by atoms with E-state index in [4.69, 9.17) is 0 Å². The molecule has 3 atom stereocenters. The molecule has 1 N–H and O–H groups in total. The summed E-state index contributed by atoms with van der Waals surface area (Å²) in [6, 6.07) is 0.648. The van der Waals surface area contributed by atoms with Crippen molar-refractivity contribution in [3.8, 4) is 0 Å². The molecule has 0 radical (unpaired) electrons. The lowest BCUT2D eigenvalue weighted by atomic mass is 10.1. The van der Waals surface area contributed by atoms with Gasteiger partial charge >= 0.3 is 0 Å². The van der Waals surface area contributed by atoms with Gasteiger partial charge in [0.1, 0.15) is 0 Å². The lowest BCUT2D eigenvalue weighted by molar-refractivity contribution is 0.141. The second-order valence-corrected chi connectivity index (χ2v) is 4.14. The fourth-order valence-corrected chi connectivity index (χ4v) is 1.95. The Kier molecular flexibility index (Phi) is 3.53. The Hall–Kier alpha value is -0.0800. The number of rotatable bonds is 3. The van der Waals surface area contributed by atoms with Crippen LogP contribution in [0.4, 0.5) is 0 Å². The molecule has 1 heterocycles. The topological polar surface area (TPSA) is 23.5 Å². The fraction of sp³-hybridized carbons (Fsp3) is 1.00. The molecule has 1 rings (SSSR count). The molecular formula is C10H21NO. The van der Waals surface area contributed by atoms with Crippen molar-refractivity contribution in [1.82, 2.24) is 4.90 Å². The number of nitrogens with zero attached hydrogens (tertiary/aromatic N) is 1. The van der Waals surface area contributed by atoms with Crippen molar-refractivity contribution in [1.29, 1.82) is 0 Å². The molecule has 12 heavy (non-hydrogen) atoms. The van der Waals surface area contributed by atoms with Crippen molar-refractivity contribution >= 4 is 0 Å². The summed E-state index contributed by atoms with van der Waals surface area (Å²) >= 11 is 0. The van der Waals surface area contributed by atoms with Crippen LogP contribution < -0.4 is 0 Å². The molecular weight excluding hydrogens is 150 g/mol. The van der Waals surface area contributed by atoms with Crippen molar-refractivity contribution in [3.63, 3.8) is 0 Å². The molecule has 0 saturated carbocycles. The highest BCUT2D eigenvalue weighted by Crippen LogP contribution is 2.20. The van der Waals surface area contributed by atoms with Crippen LogP contribution in [0.3, 0.4) is 0 Å². The number of β-amino-alcohol motifs (C(OH)–C–C–N with tert-alkyl or cyclic N) is 1. The predicted molar refractivity (Wildman–Crippen MR) is 51.1 cm³/mol. The minimum Gasteiger partial charge on any atom is -0.391 e. The van der Waals surface area contributed by atoms with E-state index >= 15 is 0 Å². The number of aliphatic hydroxyl groups is 1. The Labute approximate surface area is 75.6 Å². The van der Waals surface area contributed by atoms with E-state index in [0.29, 0.717) is 12.0 Å². The van der Waals surface area contributed by atoms with Crippen LogP contribution in [0.15, 0.2) is 0 Å². The zero-order chi connectivity index (χ0) is 9.14. The van der Waals surface area contributed by atoms with Gasteiger partial charge in [0.15, 0.2) is 0 Å². The zero-order valence-corrected chi connectivity index (χ0v) is 8.45. The summed E-state index contributed by atoms with van der Waals surface area (Å²) in [5, 5.41) is 9.54. The summed E-state index contributed by atoms with van der Waals surface area (Å²) in [6.45, 7) is 8.55. The monoisotopic (exact) mass is 171 g/mol. The van der Waals surface area contributed by atoms with E-state index < -0.39 is 0 Å². The molecule has 72 valence electrons. The van der Waals surface area contributed by atoms with E-state index in [1.807, 2.05) is 0 Å².